The molecule has 7 atom stereocenters. The predicted molar refractivity (Wildman–Crippen MR) is 135 cm³/mol. The molecule has 4 bridgehead atoms. The molecule has 1 saturated heterocycles. The van der Waals surface area contributed by atoms with Crippen LogP contribution in [-0.4, -0.2) is 53.7 Å². The molecule has 7 heteroatoms. The Balaban J connectivity index is 1.18. The number of nitrogens with zero attached hydrogens (tertiary/aromatic N) is 2. The molecule has 196 valence electrons. The molecule has 6 rings (SSSR count). The highest BCUT2D eigenvalue weighted by molar-refractivity contribution is 5.89. The fraction of sp³-hybridized carbons (Fsp3) is 0.759. The first kappa shape index (κ1) is 24.4. The standard InChI is InChI=1S/C29H40N2O5/c1-27-10-2-11-29(19-30(18-27)13-14-32)24(27)9-12-28-15-21(5-8-25(28)29)22(16-28)17-36-26(33)20-3-6-23(7-4-20)31(34)35/h3-4,6-7,21-22,24-25,32H,2,5,8-19H2,1H3/t21-,22-,24+,25+,27-,28-,29-/m0/s1. The number of carbonyl (C=O) groups is 1. The van der Waals surface area contributed by atoms with Crippen molar-refractivity contribution in [3.8, 4) is 0 Å². The van der Waals surface area contributed by atoms with Gasteiger partial charge in [-0.2, -0.15) is 0 Å². The fourth-order valence-electron chi connectivity index (χ4n) is 10.3. The Kier molecular flexibility index (Phi) is 5.95. The lowest BCUT2D eigenvalue weighted by atomic mass is 9.39. The number of rotatable bonds is 6. The highest BCUT2D eigenvalue weighted by Crippen LogP contribution is 2.73. The maximum absolute atomic E-state index is 12.7. The number of non-ortho nitro benzene ring substituents is 1. The van der Waals surface area contributed by atoms with E-state index in [1.165, 1.54) is 82.1 Å². The van der Waals surface area contributed by atoms with Crippen LogP contribution in [0.15, 0.2) is 24.3 Å². The summed E-state index contributed by atoms with van der Waals surface area (Å²) in [7, 11) is 0. The first-order valence-corrected chi connectivity index (χ1v) is 14.0. The summed E-state index contributed by atoms with van der Waals surface area (Å²) in [6.45, 7) is 6.34. The number of aliphatic hydroxyl groups excluding tert-OH is 1. The number of aliphatic hydroxyl groups is 1. The molecule has 0 radical (unpaired) electrons. The molecule has 1 heterocycles. The largest absolute Gasteiger partial charge is 0.462 e. The van der Waals surface area contributed by atoms with Gasteiger partial charge in [0, 0.05) is 31.8 Å². The Morgan fingerprint density at radius 2 is 1.92 bits per heavy atom. The van der Waals surface area contributed by atoms with Gasteiger partial charge in [-0.3, -0.25) is 15.0 Å². The zero-order chi connectivity index (χ0) is 25.1. The summed E-state index contributed by atoms with van der Waals surface area (Å²) in [5.41, 5.74) is 1.50. The van der Waals surface area contributed by atoms with E-state index >= 15 is 0 Å². The summed E-state index contributed by atoms with van der Waals surface area (Å²) in [6, 6.07) is 5.71. The van der Waals surface area contributed by atoms with Crippen LogP contribution in [0.5, 0.6) is 0 Å². The summed E-state index contributed by atoms with van der Waals surface area (Å²) in [6.07, 6.45) is 11.6. The summed E-state index contributed by atoms with van der Waals surface area (Å²) in [5.74, 6) is 2.22. The normalized spacial score (nSPS) is 41.3. The Morgan fingerprint density at radius 3 is 2.67 bits per heavy atom. The van der Waals surface area contributed by atoms with Crippen molar-refractivity contribution in [3.05, 3.63) is 39.9 Å². The molecule has 4 aliphatic carbocycles. The van der Waals surface area contributed by atoms with E-state index in [0.717, 1.165) is 31.5 Å². The van der Waals surface area contributed by atoms with Crippen LogP contribution in [0.2, 0.25) is 0 Å². The number of ether oxygens (including phenoxy) is 1. The molecule has 5 fully saturated rings. The van der Waals surface area contributed by atoms with E-state index in [-0.39, 0.29) is 18.3 Å². The van der Waals surface area contributed by atoms with E-state index in [4.69, 9.17) is 4.74 Å². The van der Waals surface area contributed by atoms with Gasteiger partial charge in [0.25, 0.3) is 5.69 Å². The third-order valence-electron chi connectivity index (χ3n) is 11.4. The summed E-state index contributed by atoms with van der Waals surface area (Å²) in [4.78, 5) is 25.7. The molecule has 1 aromatic rings. The molecule has 1 spiro atoms. The molecular formula is C29H40N2O5. The van der Waals surface area contributed by atoms with Crippen LogP contribution < -0.4 is 0 Å². The number of benzene rings is 1. The molecule has 36 heavy (non-hydrogen) atoms. The lowest BCUT2D eigenvalue weighted by molar-refractivity contribution is -0.384. The van der Waals surface area contributed by atoms with E-state index in [1.807, 2.05) is 0 Å². The maximum atomic E-state index is 12.7. The molecule has 0 unspecified atom stereocenters. The highest BCUT2D eigenvalue weighted by atomic mass is 16.6. The Morgan fingerprint density at radius 1 is 1.11 bits per heavy atom. The number of esters is 1. The second kappa shape index (κ2) is 8.80. The minimum absolute atomic E-state index is 0.0182. The van der Waals surface area contributed by atoms with Crippen molar-refractivity contribution in [1.82, 2.24) is 4.90 Å². The third-order valence-corrected chi connectivity index (χ3v) is 11.4. The van der Waals surface area contributed by atoms with Gasteiger partial charge in [-0.25, -0.2) is 4.79 Å². The SMILES string of the molecule is C[C@]12CCC[C@]3(CN(CCO)C1)[C@@H]2CC[C@]12C[C@@H](COC(=O)c4ccc([N+](=O)[O-])cc4)[C@@H](CC[C@H]13)C2. The van der Waals surface area contributed by atoms with Crippen LogP contribution in [0.4, 0.5) is 5.69 Å². The number of fused-ring (bicyclic) bond motifs is 1. The van der Waals surface area contributed by atoms with Gasteiger partial charge in [0.05, 0.1) is 23.7 Å². The van der Waals surface area contributed by atoms with Crippen molar-refractivity contribution in [2.75, 3.05) is 32.8 Å². The second-order valence-corrected chi connectivity index (χ2v) is 13.1. The minimum Gasteiger partial charge on any atom is -0.462 e. The first-order chi connectivity index (χ1) is 17.3. The van der Waals surface area contributed by atoms with Gasteiger partial charge in [0.1, 0.15) is 0 Å². The topological polar surface area (TPSA) is 92.9 Å². The van der Waals surface area contributed by atoms with Crippen molar-refractivity contribution in [3.63, 3.8) is 0 Å². The van der Waals surface area contributed by atoms with Gasteiger partial charge in [-0.1, -0.05) is 13.3 Å². The molecule has 5 aliphatic rings. The van der Waals surface area contributed by atoms with E-state index in [9.17, 15) is 20.0 Å². The first-order valence-electron chi connectivity index (χ1n) is 14.0. The number of carbonyl (C=O) groups excluding carboxylic acids is 1. The van der Waals surface area contributed by atoms with Gasteiger partial charge >= 0.3 is 5.97 Å². The van der Waals surface area contributed by atoms with Crippen LogP contribution in [0.25, 0.3) is 0 Å². The number of β-amino-alcohol motifs (C(OH)–C–C–N with tert-alkyl or cyclic N) is 1. The van der Waals surface area contributed by atoms with Gasteiger partial charge < -0.3 is 9.84 Å². The van der Waals surface area contributed by atoms with E-state index < -0.39 is 4.92 Å². The monoisotopic (exact) mass is 496 g/mol. The van der Waals surface area contributed by atoms with E-state index in [0.29, 0.717) is 40.3 Å². The zero-order valence-corrected chi connectivity index (χ0v) is 21.5. The van der Waals surface area contributed by atoms with Crippen molar-refractivity contribution >= 4 is 11.7 Å². The quantitative estimate of drug-likeness (QED) is 0.336. The smallest absolute Gasteiger partial charge is 0.338 e. The third kappa shape index (κ3) is 3.72. The maximum Gasteiger partial charge on any atom is 0.338 e. The van der Waals surface area contributed by atoms with Gasteiger partial charge in [0.2, 0.25) is 0 Å². The molecular weight excluding hydrogens is 456 g/mol. The zero-order valence-electron chi connectivity index (χ0n) is 21.5. The van der Waals surface area contributed by atoms with Crippen LogP contribution in [-0.2, 0) is 4.74 Å². The van der Waals surface area contributed by atoms with Gasteiger partial charge in [-0.15, -0.1) is 0 Å². The van der Waals surface area contributed by atoms with Crippen LogP contribution >= 0.6 is 0 Å². The fourth-order valence-corrected chi connectivity index (χ4v) is 10.3. The number of likely N-dealkylation sites (tertiary alicyclic amines) is 1. The van der Waals surface area contributed by atoms with Crippen LogP contribution in [0, 0.1) is 50.0 Å². The average Bonchev–Trinajstić information content (AvgIpc) is 3.11. The molecule has 0 amide bonds. The van der Waals surface area contributed by atoms with Gasteiger partial charge in [0.15, 0.2) is 0 Å². The molecule has 4 saturated carbocycles. The summed E-state index contributed by atoms with van der Waals surface area (Å²) < 4.78 is 5.80. The minimum atomic E-state index is -0.456. The number of nitro groups is 1. The van der Waals surface area contributed by atoms with Crippen molar-refractivity contribution in [2.45, 2.75) is 64.7 Å². The van der Waals surface area contributed by atoms with E-state index in [2.05, 4.69) is 11.8 Å². The number of hydrogen-bond acceptors (Lipinski definition) is 6. The average molecular weight is 497 g/mol. The molecule has 1 N–H and O–H groups in total. The summed E-state index contributed by atoms with van der Waals surface area (Å²) >= 11 is 0. The Bertz CT molecular complexity index is 1030. The lowest BCUT2D eigenvalue weighted by Crippen LogP contribution is -2.67. The number of piperidine rings is 1. The van der Waals surface area contributed by atoms with E-state index in [1.54, 1.807) is 0 Å². The second-order valence-electron chi connectivity index (χ2n) is 13.1. The van der Waals surface area contributed by atoms with Crippen molar-refractivity contribution in [2.24, 2.45) is 39.9 Å². The Labute approximate surface area is 213 Å². The highest BCUT2D eigenvalue weighted by Gasteiger charge is 2.67. The lowest BCUT2D eigenvalue weighted by Gasteiger charge is -2.69. The molecule has 1 aliphatic heterocycles. The molecule has 1 aromatic carbocycles. The summed E-state index contributed by atoms with van der Waals surface area (Å²) in [5, 5.41) is 20.6. The van der Waals surface area contributed by atoms with Gasteiger partial charge in [-0.05, 0) is 103 Å². The van der Waals surface area contributed by atoms with Crippen LogP contribution in [0.3, 0.4) is 0 Å². The van der Waals surface area contributed by atoms with Crippen LogP contribution in [0.1, 0.15) is 75.1 Å². The number of nitro benzene ring substituents is 1. The van der Waals surface area contributed by atoms with Crippen molar-refractivity contribution in [1.29, 1.82) is 0 Å². The number of hydrogen-bond donors (Lipinski definition) is 1. The van der Waals surface area contributed by atoms with Crippen molar-refractivity contribution < 1.29 is 19.6 Å². The molecule has 0 aromatic heterocycles. The predicted octanol–water partition coefficient (Wildman–Crippen LogP) is 5.07. The molecule has 7 nitrogen and oxygen atoms in total. The Hall–Kier alpha value is -1.99.